The molecule has 142 valence electrons. The molecule has 0 atom stereocenters. The Bertz CT molecular complexity index is 686. The fourth-order valence-electron chi connectivity index (χ4n) is 2.43. The molecule has 0 amide bonds. The van der Waals surface area contributed by atoms with Crippen molar-refractivity contribution in [2.75, 3.05) is 32.1 Å². The average Bonchev–Trinajstić information content (AvgIpc) is 2.60. The van der Waals surface area contributed by atoms with Crippen LogP contribution in [0.3, 0.4) is 0 Å². The summed E-state index contributed by atoms with van der Waals surface area (Å²) in [5, 5.41) is 6.53. The van der Waals surface area contributed by atoms with Gasteiger partial charge in [0.15, 0.2) is 5.96 Å². The molecule has 0 fully saturated rings. The Morgan fingerprint density at radius 2 is 1.77 bits per heavy atom. The van der Waals surface area contributed by atoms with Gasteiger partial charge in [-0.05, 0) is 48.7 Å². The van der Waals surface area contributed by atoms with E-state index in [1.807, 2.05) is 27.1 Å². The van der Waals surface area contributed by atoms with Gasteiger partial charge in [-0.2, -0.15) is 0 Å². The first-order valence-corrected chi connectivity index (χ1v) is 8.61. The monoisotopic (exact) mass is 470 g/mol. The molecule has 0 saturated carbocycles. The molecule has 6 heteroatoms. The van der Waals surface area contributed by atoms with Crippen LogP contribution in [-0.2, 0) is 13.0 Å². The smallest absolute Gasteiger partial charge is 0.191 e. The Kier molecular flexibility index (Phi) is 10.0. The number of halogens is 2. The summed E-state index contributed by atoms with van der Waals surface area (Å²) in [6, 6.07) is 15.1. The van der Waals surface area contributed by atoms with Gasteiger partial charge in [-0.1, -0.05) is 24.3 Å². The molecule has 4 nitrogen and oxygen atoms in total. The third-order valence-electron chi connectivity index (χ3n) is 3.81. The maximum atomic E-state index is 13.2. The van der Waals surface area contributed by atoms with Gasteiger partial charge in [-0.25, -0.2) is 9.38 Å². The summed E-state index contributed by atoms with van der Waals surface area (Å²) in [7, 11) is 4.05. The molecule has 0 unspecified atom stereocenters. The molecule has 0 bridgehead atoms. The highest BCUT2D eigenvalue weighted by Crippen LogP contribution is 2.12. The molecule has 0 heterocycles. The summed E-state index contributed by atoms with van der Waals surface area (Å²) in [5.41, 5.74) is 3.31. The van der Waals surface area contributed by atoms with E-state index in [4.69, 9.17) is 0 Å². The van der Waals surface area contributed by atoms with E-state index in [0.717, 1.165) is 30.1 Å². The molecule has 0 aliphatic heterocycles. The quantitative estimate of drug-likeness (QED) is 0.368. The molecule has 2 rings (SSSR count). The minimum Gasteiger partial charge on any atom is -0.378 e. The number of nitrogens with one attached hydrogen (secondary N) is 2. The van der Waals surface area contributed by atoms with Crippen molar-refractivity contribution in [2.45, 2.75) is 19.9 Å². The van der Waals surface area contributed by atoms with E-state index < -0.39 is 0 Å². The van der Waals surface area contributed by atoms with E-state index in [9.17, 15) is 4.39 Å². The lowest BCUT2D eigenvalue weighted by Gasteiger charge is -2.13. The molecule has 2 aromatic rings. The lowest BCUT2D eigenvalue weighted by atomic mass is 10.1. The second kappa shape index (κ2) is 11.7. The van der Waals surface area contributed by atoms with Gasteiger partial charge < -0.3 is 15.5 Å². The van der Waals surface area contributed by atoms with E-state index in [0.29, 0.717) is 13.1 Å². The third-order valence-corrected chi connectivity index (χ3v) is 3.81. The van der Waals surface area contributed by atoms with Gasteiger partial charge in [0, 0.05) is 32.9 Å². The summed E-state index contributed by atoms with van der Waals surface area (Å²) in [5.74, 6) is 0.579. The summed E-state index contributed by atoms with van der Waals surface area (Å²) in [6.45, 7) is 4.15. The van der Waals surface area contributed by atoms with Crippen LogP contribution in [-0.4, -0.2) is 33.1 Å². The van der Waals surface area contributed by atoms with Crippen molar-refractivity contribution in [1.82, 2.24) is 10.6 Å². The SMILES string of the molecule is CCNC(=NCc1ccc(N(C)C)cc1)NCCc1cccc(F)c1.I. The Morgan fingerprint density at radius 3 is 2.38 bits per heavy atom. The zero-order chi connectivity index (χ0) is 18.1. The van der Waals surface area contributed by atoms with Crippen LogP contribution in [0.5, 0.6) is 0 Å². The summed E-state index contributed by atoms with van der Waals surface area (Å²) in [4.78, 5) is 6.69. The maximum absolute atomic E-state index is 13.2. The van der Waals surface area contributed by atoms with Crippen LogP contribution in [0.1, 0.15) is 18.1 Å². The predicted molar refractivity (Wildman–Crippen MR) is 119 cm³/mol. The number of anilines is 1. The van der Waals surface area contributed by atoms with Crippen LogP contribution >= 0.6 is 24.0 Å². The number of aliphatic imine (C=N–C) groups is 1. The zero-order valence-corrected chi connectivity index (χ0v) is 18.0. The minimum absolute atomic E-state index is 0. The van der Waals surface area contributed by atoms with Crippen LogP contribution in [0.25, 0.3) is 0 Å². The zero-order valence-electron chi connectivity index (χ0n) is 15.6. The lowest BCUT2D eigenvalue weighted by Crippen LogP contribution is -2.38. The van der Waals surface area contributed by atoms with Gasteiger partial charge >= 0.3 is 0 Å². The van der Waals surface area contributed by atoms with E-state index >= 15 is 0 Å². The van der Waals surface area contributed by atoms with Crippen molar-refractivity contribution >= 4 is 35.6 Å². The van der Waals surface area contributed by atoms with E-state index in [1.54, 1.807) is 12.1 Å². The van der Waals surface area contributed by atoms with Gasteiger partial charge in [0.1, 0.15) is 5.82 Å². The average molecular weight is 470 g/mol. The van der Waals surface area contributed by atoms with Crippen molar-refractivity contribution in [3.05, 3.63) is 65.5 Å². The first kappa shape index (κ1) is 22.2. The third kappa shape index (κ3) is 7.59. The first-order chi connectivity index (χ1) is 12.1. The van der Waals surface area contributed by atoms with Gasteiger partial charge in [-0.15, -0.1) is 24.0 Å². The molecule has 0 aliphatic carbocycles. The first-order valence-electron chi connectivity index (χ1n) is 8.61. The highest BCUT2D eigenvalue weighted by Gasteiger charge is 2.00. The van der Waals surface area contributed by atoms with Gasteiger partial charge in [0.05, 0.1) is 6.54 Å². The molecule has 2 aromatic carbocycles. The number of benzene rings is 2. The Hall–Kier alpha value is -1.83. The molecule has 0 spiro atoms. The van der Waals surface area contributed by atoms with Crippen molar-refractivity contribution in [3.8, 4) is 0 Å². The van der Waals surface area contributed by atoms with Crippen molar-refractivity contribution in [1.29, 1.82) is 0 Å². The van der Waals surface area contributed by atoms with E-state index in [1.165, 1.54) is 11.8 Å². The molecule has 0 saturated heterocycles. The van der Waals surface area contributed by atoms with Gasteiger partial charge in [0.25, 0.3) is 0 Å². The van der Waals surface area contributed by atoms with Crippen molar-refractivity contribution in [3.63, 3.8) is 0 Å². The number of hydrogen-bond donors (Lipinski definition) is 2. The molecule has 26 heavy (non-hydrogen) atoms. The standard InChI is InChI=1S/C20H27FN4.HI/c1-4-22-20(23-13-12-16-6-5-7-18(21)14-16)24-15-17-8-10-19(11-9-17)25(2)3;/h5-11,14H,4,12-13,15H2,1-3H3,(H2,22,23,24);1H. The van der Waals surface area contributed by atoms with Crippen LogP contribution in [0.15, 0.2) is 53.5 Å². The van der Waals surface area contributed by atoms with Gasteiger partial charge in [0.2, 0.25) is 0 Å². The van der Waals surface area contributed by atoms with Crippen LogP contribution in [0, 0.1) is 5.82 Å². The second-order valence-corrected chi connectivity index (χ2v) is 6.06. The molecule has 2 N–H and O–H groups in total. The topological polar surface area (TPSA) is 39.7 Å². The molecule has 0 aliphatic rings. The highest BCUT2D eigenvalue weighted by atomic mass is 127. The normalized spacial score (nSPS) is 10.8. The van der Waals surface area contributed by atoms with Gasteiger partial charge in [-0.3, -0.25) is 0 Å². The lowest BCUT2D eigenvalue weighted by molar-refractivity contribution is 0.625. The Balaban J connectivity index is 0.00000338. The molecular weight excluding hydrogens is 442 g/mol. The van der Waals surface area contributed by atoms with E-state index in [-0.39, 0.29) is 29.8 Å². The fourth-order valence-corrected chi connectivity index (χ4v) is 2.43. The second-order valence-electron chi connectivity index (χ2n) is 6.06. The number of hydrogen-bond acceptors (Lipinski definition) is 2. The maximum Gasteiger partial charge on any atom is 0.191 e. The largest absolute Gasteiger partial charge is 0.378 e. The number of rotatable bonds is 7. The van der Waals surface area contributed by atoms with Crippen LogP contribution < -0.4 is 15.5 Å². The minimum atomic E-state index is -0.195. The van der Waals surface area contributed by atoms with Crippen LogP contribution in [0.2, 0.25) is 0 Å². The summed E-state index contributed by atoms with van der Waals surface area (Å²) < 4.78 is 13.2. The Morgan fingerprint density at radius 1 is 1.04 bits per heavy atom. The molecule has 0 aromatic heterocycles. The fraction of sp³-hybridized carbons (Fsp3) is 0.350. The van der Waals surface area contributed by atoms with E-state index in [2.05, 4.69) is 44.8 Å². The molecule has 0 radical (unpaired) electrons. The number of guanidine groups is 1. The van der Waals surface area contributed by atoms with Crippen molar-refractivity contribution < 1.29 is 4.39 Å². The highest BCUT2D eigenvalue weighted by molar-refractivity contribution is 14.0. The number of nitrogens with zero attached hydrogens (tertiary/aromatic N) is 2. The predicted octanol–water partition coefficient (Wildman–Crippen LogP) is 3.81. The molecular formula is C20H28FIN4. The Labute approximate surface area is 172 Å². The van der Waals surface area contributed by atoms with Crippen molar-refractivity contribution in [2.24, 2.45) is 4.99 Å². The summed E-state index contributed by atoms with van der Waals surface area (Å²) >= 11 is 0. The summed E-state index contributed by atoms with van der Waals surface area (Å²) in [6.07, 6.45) is 0.750. The van der Waals surface area contributed by atoms with Crippen LogP contribution in [0.4, 0.5) is 10.1 Å².